The van der Waals surface area contributed by atoms with Gasteiger partial charge in [-0.15, -0.1) is 0 Å². The van der Waals surface area contributed by atoms with E-state index >= 15 is 0 Å². The first-order chi connectivity index (χ1) is 11.9. The molecule has 7 nitrogen and oxygen atoms in total. The second-order valence-electron chi connectivity index (χ2n) is 6.16. The van der Waals surface area contributed by atoms with Crippen LogP contribution in [-0.2, 0) is 0 Å². The van der Waals surface area contributed by atoms with E-state index in [0.717, 1.165) is 46.7 Å². The lowest BCUT2D eigenvalue weighted by Gasteiger charge is -2.28. The summed E-state index contributed by atoms with van der Waals surface area (Å²) in [4.78, 5) is 19.3. The summed E-state index contributed by atoms with van der Waals surface area (Å²) >= 11 is 0. The normalized spacial score (nSPS) is 15.4. The van der Waals surface area contributed by atoms with E-state index in [4.69, 9.17) is 4.98 Å². The fraction of sp³-hybridized carbons (Fsp3) is 0.294. The summed E-state index contributed by atoms with van der Waals surface area (Å²) in [6.07, 6.45) is 9.25. The number of fused-ring (bicyclic) bond motifs is 2. The molecule has 120 valence electrons. The van der Waals surface area contributed by atoms with Crippen molar-refractivity contribution in [1.82, 2.24) is 30.1 Å². The number of aromatic nitrogens is 6. The van der Waals surface area contributed by atoms with Gasteiger partial charge in [-0.25, -0.2) is 9.97 Å². The van der Waals surface area contributed by atoms with Crippen LogP contribution in [0.4, 0.5) is 5.69 Å². The summed E-state index contributed by atoms with van der Waals surface area (Å²) in [5.74, 6) is 0.770. The van der Waals surface area contributed by atoms with Gasteiger partial charge in [0.15, 0.2) is 11.5 Å². The Morgan fingerprint density at radius 1 is 1.08 bits per heavy atom. The van der Waals surface area contributed by atoms with Gasteiger partial charge in [-0.1, -0.05) is 0 Å². The fourth-order valence-electron chi connectivity index (χ4n) is 3.43. The second-order valence-corrected chi connectivity index (χ2v) is 6.16. The lowest BCUT2D eigenvalue weighted by molar-refractivity contribution is 0.578. The number of imidazole rings is 1. The number of hydrogen-bond acceptors (Lipinski definition) is 5. The van der Waals surface area contributed by atoms with Gasteiger partial charge in [0.1, 0.15) is 11.2 Å². The van der Waals surface area contributed by atoms with Crippen LogP contribution in [-0.4, -0.2) is 43.2 Å². The Bertz CT molecular complexity index is 1010. The Kier molecular flexibility index (Phi) is 2.97. The van der Waals surface area contributed by atoms with Crippen molar-refractivity contribution in [2.75, 3.05) is 18.0 Å². The number of rotatable bonds is 2. The number of H-pyrrole nitrogens is 2. The molecule has 0 saturated carbocycles. The number of hydrogen-bond donors (Lipinski definition) is 2. The first kappa shape index (κ1) is 13.5. The number of pyridine rings is 2. The highest BCUT2D eigenvalue weighted by molar-refractivity contribution is 5.94. The van der Waals surface area contributed by atoms with Crippen LogP contribution in [0.25, 0.3) is 33.6 Å². The Labute approximate surface area is 138 Å². The molecule has 24 heavy (non-hydrogen) atoms. The molecule has 4 aromatic heterocycles. The van der Waals surface area contributed by atoms with Crippen molar-refractivity contribution >= 4 is 27.8 Å². The lowest BCUT2D eigenvalue weighted by Crippen LogP contribution is -2.29. The molecule has 4 aromatic rings. The Hall–Kier alpha value is -2.96. The third kappa shape index (κ3) is 2.05. The van der Waals surface area contributed by atoms with Crippen molar-refractivity contribution < 1.29 is 0 Å². The van der Waals surface area contributed by atoms with Gasteiger partial charge in [0.05, 0.1) is 23.6 Å². The summed E-state index contributed by atoms with van der Waals surface area (Å²) in [5, 5.41) is 8.27. The van der Waals surface area contributed by atoms with E-state index in [2.05, 4.69) is 30.0 Å². The zero-order valence-electron chi connectivity index (χ0n) is 13.2. The third-order valence-corrected chi connectivity index (χ3v) is 4.64. The van der Waals surface area contributed by atoms with Gasteiger partial charge in [0.25, 0.3) is 0 Å². The van der Waals surface area contributed by atoms with Crippen LogP contribution in [0.5, 0.6) is 0 Å². The zero-order valence-corrected chi connectivity index (χ0v) is 13.2. The molecule has 5 heterocycles. The molecule has 1 fully saturated rings. The van der Waals surface area contributed by atoms with Crippen LogP contribution in [0.3, 0.4) is 0 Å². The number of nitrogens with one attached hydrogen (secondary N) is 2. The zero-order chi connectivity index (χ0) is 15.9. The molecule has 1 aliphatic rings. The first-order valence-corrected chi connectivity index (χ1v) is 8.28. The fourth-order valence-corrected chi connectivity index (χ4v) is 3.43. The molecule has 1 saturated heterocycles. The van der Waals surface area contributed by atoms with Gasteiger partial charge in [-0.05, 0) is 31.4 Å². The maximum atomic E-state index is 4.84. The number of anilines is 1. The molecule has 0 amide bonds. The SMILES string of the molecule is c1cnc2n[nH]c(-c3nc4c(N5CCCCC5)cncc4[nH]3)c2c1. The smallest absolute Gasteiger partial charge is 0.181 e. The molecule has 0 unspecified atom stereocenters. The molecule has 0 aromatic carbocycles. The van der Waals surface area contributed by atoms with Gasteiger partial charge in [-0.2, -0.15) is 5.10 Å². The molecule has 0 radical (unpaired) electrons. The minimum absolute atomic E-state index is 0.697. The molecule has 1 aliphatic heterocycles. The number of nitrogens with zero attached hydrogens (tertiary/aromatic N) is 5. The Morgan fingerprint density at radius 2 is 2.00 bits per heavy atom. The molecule has 0 aliphatic carbocycles. The van der Waals surface area contributed by atoms with Crippen LogP contribution < -0.4 is 4.90 Å². The van der Waals surface area contributed by atoms with E-state index in [0.29, 0.717) is 5.65 Å². The molecule has 0 bridgehead atoms. The summed E-state index contributed by atoms with van der Waals surface area (Å²) in [6, 6.07) is 3.91. The van der Waals surface area contributed by atoms with Crippen molar-refractivity contribution in [2.24, 2.45) is 0 Å². The standard InChI is InChI=1S/C17H17N7/c1-2-7-24(8-3-1)13-10-18-9-12-15(13)21-17(20-12)14-11-5-4-6-19-16(11)23-22-14/h4-6,9-10H,1-3,7-8H2,(H,20,21)(H,19,22,23). The Balaban J connectivity index is 1.66. The largest absolute Gasteiger partial charge is 0.368 e. The van der Waals surface area contributed by atoms with E-state index in [1.165, 1.54) is 19.3 Å². The lowest BCUT2D eigenvalue weighted by atomic mass is 10.1. The highest BCUT2D eigenvalue weighted by Gasteiger charge is 2.18. The summed E-state index contributed by atoms with van der Waals surface area (Å²) < 4.78 is 0. The molecule has 5 rings (SSSR count). The molecule has 7 heteroatoms. The van der Waals surface area contributed by atoms with E-state index in [-0.39, 0.29) is 0 Å². The molecule has 0 atom stereocenters. The van der Waals surface area contributed by atoms with Gasteiger partial charge >= 0.3 is 0 Å². The molecular formula is C17H17N7. The van der Waals surface area contributed by atoms with Gasteiger partial charge in [0.2, 0.25) is 0 Å². The Morgan fingerprint density at radius 3 is 2.92 bits per heavy atom. The highest BCUT2D eigenvalue weighted by Crippen LogP contribution is 2.30. The summed E-state index contributed by atoms with van der Waals surface area (Å²) in [6.45, 7) is 2.14. The maximum Gasteiger partial charge on any atom is 0.181 e. The average molecular weight is 319 g/mol. The minimum Gasteiger partial charge on any atom is -0.368 e. The summed E-state index contributed by atoms with van der Waals surface area (Å²) in [5.41, 5.74) is 4.58. The first-order valence-electron chi connectivity index (χ1n) is 8.28. The number of aromatic amines is 2. The molecule has 0 spiro atoms. The average Bonchev–Trinajstić information content (AvgIpc) is 3.25. The van der Waals surface area contributed by atoms with Crippen molar-refractivity contribution in [2.45, 2.75) is 19.3 Å². The maximum absolute atomic E-state index is 4.84. The van der Waals surface area contributed by atoms with Crippen LogP contribution in [0, 0.1) is 0 Å². The van der Waals surface area contributed by atoms with Crippen LogP contribution in [0.15, 0.2) is 30.7 Å². The third-order valence-electron chi connectivity index (χ3n) is 4.64. The monoisotopic (exact) mass is 319 g/mol. The van der Waals surface area contributed by atoms with E-state index in [9.17, 15) is 0 Å². The topological polar surface area (TPSA) is 86.4 Å². The van der Waals surface area contributed by atoms with Crippen molar-refractivity contribution in [1.29, 1.82) is 0 Å². The predicted molar refractivity (Wildman–Crippen MR) is 92.8 cm³/mol. The minimum atomic E-state index is 0.697. The quantitative estimate of drug-likeness (QED) is 0.593. The molecule has 2 N–H and O–H groups in total. The number of piperidine rings is 1. The van der Waals surface area contributed by atoms with E-state index in [1.54, 1.807) is 6.20 Å². The van der Waals surface area contributed by atoms with Crippen LogP contribution >= 0.6 is 0 Å². The van der Waals surface area contributed by atoms with Crippen molar-refractivity contribution in [3.8, 4) is 11.5 Å². The van der Waals surface area contributed by atoms with Gasteiger partial charge < -0.3 is 9.88 Å². The second kappa shape index (κ2) is 5.30. The van der Waals surface area contributed by atoms with Gasteiger partial charge in [-0.3, -0.25) is 10.1 Å². The van der Waals surface area contributed by atoms with Crippen molar-refractivity contribution in [3.63, 3.8) is 0 Å². The molecular weight excluding hydrogens is 302 g/mol. The van der Waals surface area contributed by atoms with Crippen LogP contribution in [0.1, 0.15) is 19.3 Å². The van der Waals surface area contributed by atoms with Crippen LogP contribution in [0.2, 0.25) is 0 Å². The van der Waals surface area contributed by atoms with E-state index in [1.807, 2.05) is 24.5 Å². The predicted octanol–water partition coefficient (Wildman–Crippen LogP) is 2.89. The van der Waals surface area contributed by atoms with Crippen molar-refractivity contribution in [3.05, 3.63) is 30.7 Å². The van der Waals surface area contributed by atoms with E-state index < -0.39 is 0 Å². The van der Waals surface area contributed by atoms with Gasteiger partial charge in [0, 0.05) is 24.7 Å². The summed E-state index contributed by atoms with van der Waals surface area (Å²) in [7, 11) is 0. The highest BCUT2D eigenvalue weighted by atomic mass is 15.2.